The van der Waals surface area contributed by atoms with Crippen LogP contribution < -0.4 is 5.73 Å². The zero-order valence-electron chi connectivity index (χ0n) is 6.93. The SMILES string of the molecule is NCCn1nnnc1SCC=CCl. The average molecular weight is 220 g/mol. The highest BCUT2D eigenvalue weighted by molar-refractivity contribution is 7.99. The van der Waals surface area contributed by atoms with E-state index >= 15 is 0 Å². The van der Waals surface area contributed by atoms with Crippen LogP contribution in [0.2, 0.25) is 0 Å². The van der Waals surface area contributed by atoms with Crippen LogP contribution in [0.3, 0.4) is 0 Å². The summed E-state index contributed by atoms with van der Waals surface area (Å²) >= 11 is 6.89. The Morgan fingerprint density at radius 1 is 1.62 bits per heavy atom. The van der Waals surface area contributed by atoms with E-state index in [0.717, 1.165) is 10.9 Å². The average Bonchev–Trinajstić information content (AvgIpc) is 2.54. The number of hydrogen-bond donors (Lipinski definition) is 1. The molecule has 1 rings (SSSR count). The molecule has 0 atom stereocenters. The van der Waals surface area contributed by atoms with Gasteiger partial charge in [0.15, 0.2) is 0 Å². The van der Waals surface area contributed by atoms with E-state index in [1.54, 1.807) is 4.68 Å². The molecule has 0 aliphatic heterocycles. The van der Waals surface area contributed by atoms with E-state index in [4.69, 9.17) is 17.3 Å². The minimum absolute atomic E-state index is 0.532. The molecule has 0 saturated heterocycles. The largest absolute Gasteiger partial charge is 0.329 e. The number of tetrazole rings is 1. The van der Waals surface area contributed by atoms with Crippen LogP contribution in [0.25, 0.3) is 0 Å². The molecule has 0 aliphatic carbocycles. The third kappa shape index (κ3) is 3.33. The molecule has 5 nitrogen and oxygen atoms in total. The van der Waals surface area contributed by atoms with Crippen molar-refractivity contribution in [2.45, 2.75) is 11.7 Å². The monoisotopic (exact) mass is 219 g/mol. The maximum atomic E-state index is 5.38. The molecule has 2 N–H and O–H groups in total. The summed E-state index contributed by atoms with van der Waals surface area (Å²) in [4.78, 5) is 0. The first-order valence-corrected chi connectivity index (χ1v) is 5.15. The van der Waals surface area contributed by atoms with Crippen LogP contribution in [0.4, 0.5) is 0 Å². The van der Waals surface area contributed by atoms with Gasteiger partial charge in [-0.05, 0) is 10.4 Å². The second-order valence-corrected chi connectivity index (χ2v) is 3.39. The second kappa shape index (κ2) is 5.95. The van der Waals surface area contributed by atoms with Gasteiger partial charge in [-0.2, -0.15) is 0 Å². The quantitative estimate of drug-likeness (QED) is 0.730. The summed E-state index contributed by atoms with van der Waals surface area (Å²) in [5, 5.41) is 11.9. The van der Waals surface area contributed by atoms with E-state index in [-0.39, 0.29) is 0 Å². The first kappa shape index (κ1) is 10.5. The number of thioether (sulfide) groups is 1. The molecule has 1 heterocycles. The van der Waals surface area contributed by atoms with Crippen molar-refractivity contribution in [1.82, 2.24) is 20.2 Å². The molecule has 0 unspecified atom stereocenters. The Bertz CT molecular complexity index is 274. The molecule has 13 heavy (non-hydrogen) atoms. The topological polar surface area (TPSA) is 69.6 Å². The van der Waals surface area contributed by atoms with Gasteiger partial charge in [-0.1, -0.05) is 29.4 Å². The fourth-order valence-corrected chi connectivity index (χ4v) is 1.63. The summed E-state index contributed by atoms with van der Waals surface area (Å²) in [6, 6.07) is 0. The first-order valence-electron chi connectivity index (χ1n) is 3.72. The number of rotatable bonds is 5. The maximum absolute atomic E-state index is 5.38. The van der Waals surface area contributed by atoms with Crippen LogP contribution in [0.15, 0.2) is 16.8 Å². The number of nitrogens with zero attached hydrogens (tertiary/aromatic N) is 4. The normalized spacial score (nSPS) is 11.2. The Labute approximate surface area is 85.3 Å². The van der Waals surface area contributed by atoms with Crippen LogP contribution in [0, 0.1) is 0 Å². The fourth-order valence-electron chi connectivity index (χ4n) is 0.721. The summed E-state index contributed by atoms with van der Waals surface area (Å²) in [5.41, 5.74) is 6.86. The third-order valence-corrected chi connectivity index (χ3v) is 2.33. The van der Waals surface area contributed by atoms with Crippen molar-refractivity contribution >= 4 is 23.4 Å². The van der Waals surface area contributed by atoms with Gasteiger partial charge in [0.2, 0.25) is 5.16 Å². The molecule has 0 fully saturated rings. The molecule has 72 valence electrons. The number of halogens is 1. The number of hydrogen-bond acceptors (Lipinski definition) is 5. The standard InChI is InChI=1S/C6H10ClN5S/c7-2-1-5-13-6-9-10-11-12(6)4-3-8/h1-2H,3-5,8H2. The van der Waals surface area contributed by atoms with Gasteiger partial charge in [-0.3, -0.25) is 0 Å². The van der Waals surface area contributed by atoms with Gasteiger partial charge in [0.25, 0.3) is 0 Å². The van der Waals surface area contributed by atoms with Crippen LogP contribution in [0.5, 0.6) is 0 Å². The van der Waals surface area contributed by atoms with E-state index in [0.29, 0.717) is 13.1 Å². The van der Waals surface area contributed by atoms with Gasteiger partial charge in [0, 0.05) is 17.8 Å². The zero-order valence-corrected chi connectivity index (χ0v) is 8.50. The van der Waals surface area contributed by atoms with E-state index in [1.807, 2.05) is 6.08 Å². The molecule has 7 heteroatoms. The molecule has 0 aliphatic rings. The van der Waals surface area contributed by atoms with Crippen molar-refractivity contribution in [2.24, 2.45) is 5.73 Å². The predicted molar refractivity (Wildman–Crippen MR) is 52.6 cm³/mol. The van der Waals surface area contributed by atoms with Gasteiger partial charge in [0.1, 0.15) is 0 Å². The molecule has 0 spiro atoms. The Morgan fingerprint density at radius 2 is 2.46 bits per heavy atom. The fraction of sp³-hybridized carbons (Fsp3) is 0.500. The molecule has 1 aromatic heterocycles. The Kier molecular flexibility index (Phi) is 4.81. The first-order chi connectivity index (χ1) is 6.38. The summed E-state index contributed by atoms with van der Waals surface area (Å²) in [5.74, 6) is 0.758. The van der Waals surface area contributed by atoms with Crippen LogP contribution in [0.1, 0.15) is 0 Å². The molecule has 0 radical (unpaired) electrons. The van der Waals surface area contributed by atoms with E-state index in [9.17, 15) is 0 Å². The Hall–Kier alpha value is -0.590. The van der Waals surface area contributed by atoms with Crippen molar-refractivity contribution in [3.63, 3.8) is 0 Å². The lowest BCUT2D eigenvalue weighted by atomic mass is 10.7. The number of aromatic nitrogens is 4. The van der Waals surface area contributed by atoms with E-state index in [1.165, 1.54) is 17.3 Å². The molecule has 0 aromatic carbocycles. The van der Waals surface area contributed by atoms with Gasteiger partial charge in [-0.25, -0.2) is 4.68 Å². The summed E-state index contributed by atoms with van der Waals surface area (Å²) in [7, 11) is 0. The number of nitrogens with two attached hydrogens (primary N) is 1. The zero-order chi connectivity index (χ0) is 9.52. The molecular weight excluding hydrogens is 210 g/mol. The lowest BCUT2D eigenvalue weighted by Crippen LogP contribution is -2.12. The van der Waals surface area contributed by atoms with Crippen molar-refractivity contribution in [1.29, 1.82) is 0 Å². The van der Waals surface area contributed by atoms with Crippen molar-refractivity contribution in [3.8, 4) is 0 Å². The summed E-state index contributed by atoms with van der Waals surface area (Å²) < 4.78 is 1.67. The highest BCUT2D eigenvalue weighted by Gasteiger charge is 2.03. The van der Waals surface area contributed by atoms with Crippen molar-refractivity contribution in [3.05, 3.63) is 11.6 Å². The van der Waals surface area contributed by atoms with Crippen molar-refractivity contribution in [2.75, 3.05) is 12.3 Å². The van der Waals surface area contributed by atoms with Crippen molar-refractivity contribution < 1.29 is 0 Å². The predicted octanol–water partition coefficient (Wildman–Crippen LogP) is 0.476. The van der Waals surface area contributed by atoms with E-state index in [2.05, 4.69) is 15.5 Å². The maximum Gasteiger partial charge on any atom is 0.209 e. The van der Waals surface area contributed by atoms with Gasteiger partial charge in [0.05, 0.1) is 6.54 Å². The minimum Gasteiger partial charge on any atom is -0.329 e. The lowest BCUT2D eigenvalue weighted by molar-refractivity contribution is 0.557. The lowest BCUT2D eigenvalue weighted by Gasteiger charge is -1.99. The van der Waals surface area contributed by atoms with Crippen LogP contribution in [-0.2, 0) is 6.54 Å². The Balaban J connectivity index is 2.49. The molecule has 0 bridgehead atoms. The summed E-state index contributed by atoms with van der Waals surface area (Å²) in [6.07, 6.45) is 1.83. The highest BCUT2D eigenvalue weighted by atomic mass is 35.5. The molecule has 1 aromatic rings. The molecular formula is C6H10ClN5S. The smallest absolute Gasteiger partial charge is 0.209 e. The Morgan fingerprint density at radius 3 is 3.15 bits per heavy atom. The minimum atomic E-state index is 0.532. The second-order valence-electron chi connectivity index (χ2n) is 2.15. The van der Waals surface area contributed by atoms with E-state index < -0.39 is 0 Å². The van der Waals surface area contributed by atoms with Gasteiger partial charge >= 0.3 is 0 Å². The summed E-state index contributed by atoms with van der Waals surface area (Å²) in [6.45, 7) is 1.17. The molecule has 0 amide bonds. The third-order valence-electron chi connectivity index (χ3n) is 1.24. The van der Waals surface area contributed by atoms with Gasteiger partial charge < -0.3 is 5.73 Å². The van der Waals surface area contributed by atoms with Crippen LogP contribution >= 0.6 is 23.4 Å². The highest BCUT2D eigenvalue weighted by Crippen LogP contribution is 2.12. The van der Waals surface area contributed by atoms with Crippen LogP contribution in [-0.4, -0.2) is 32.5 Å². The molecule has 0 saturated carbocycles. The van der Waals surface area contributed by atoms with Gasteiger partial charge in [-0.15, -0.1) is 5.10 Å².